The van der Waals surface area contributed by atoms with Crippen LogP contribution in [0, 0.1) is 5.41 Å². The van der Waals surface area contributed by atoms with Gasteiger partial charge >= 0.3 is 0 Å². The van der Waals surface area contributed by atoms with E-state index in [2.05, 4.69) is 70.1 Å². The molecule has 0 N–H and O–H groups in total. The van der Waals surface area contributed by atoms with Crippen LogP contribution in [0.3, 0.4) is 0 Å². The van der Waals surface area contributed by atoms with Crippen LogP contribution in [-0.2, 0) is 4.43 Å². The molecule has 0 aliphatic carbocycles. The molecule has 0 heterocycles. The van der Waals surface area contributed by atoms with Crippen LogP contribution in [0.15, 0.2) is 0 Å². The molecule has 1 atom stereocenters. The molecule has 176 valence electrons. The fraction of sp³-hybridized carbons (Fsp3) is 1.00. The van der Waals surface area contributed by atoms with Gasteiger partial charge in [-0.05, 0) is 123 Å². The second kappa shape index (κ2) is 15.8. The third-order valence-electron chi connectivity index (χ3n) is 7.35. The Kier molecular flexibility index (Phi) is 15.8. The summed E-state index contributed by atoms with van der Waals surface area (Å²) in [7, 11) is 7.12. The average molecular weight is 430 g/mol. The van der Waals surface area contributed by atoms with Crippen molar-refractivity contribution in [2.75, 3.05) is 67.5 Å². The standard InChI is InChI=1S/C24H55N3OSi/c1-10-25(5)20-14-17-24(18-15-21-26(6)11-2,19-16-22-27(7)12-3)23-29(9,13-4)28-8/h10-23H2,1-9H3. The van der Waals surface area contributed by atoms with E-state index >= 15 is 0 Å². The van der Waals surface area contributed by atoms with Crippen LogP contribution in [0.2, 0.25) is 18.6 Å². The molecule has 5 heteroatoms. The molecule has 0 aromatic rings. The summed E-state index contributed by atoms with van der Waals surface area (Å²) in [5.41, 5.74) is 0.449. The molecule has 0 saturated carbocycles. The van der Waals surface area contributed by atoms with E-state index in [0.29, 0.717) is 5.41 Å². The average Bonchev–Trinajstić information content (AvgIpc) is 2.72. The second-order valence-electron chi connectivity index (χ2n) is 9.68. The van der Waals surface area contributed by atoms with Gasteiger partial charge in [-0.1, -0.05) is 27.7 Å². The molecule has 4 nitrogen and oxygen atoms in total. The smallest absolute Gasteiger partial charge is 0.189 e. The van der Waals surface area contributed by atoms with Gasteiger partial charge in [0, 0.05) is 7.11 Å². The fourth-order valence-corrected chi connectivity index (χ4v) is 7.22. The van der Waals surface area contributed by atoms with Crippen molar-refractivity contribution in [1.29, 1.82) is 0 Å². The highest BCUT2D eigenvalue weighted by atomic mass is 28.4. The summed E-state index contributed by atoms with van der Waals surface area (Å²) in [6.45, 7) is 18.7. The van der Waals surface area contributed by atoms with E-state index < -0.39 is 8.32 Å². The minimum Gasteiger partial charge on any atom is -0.420 e. The van der Waals surface area contributed by atoms with Gasteiger partial charge < -0.3 is 19.1 Å². The number of hydrogen-bond acceptors (Lipinski definition) is 4. The van der Waals surface area contributed by atoms with E-state index in [-0.39, 0.29) is 0 Å². The lowest BCUT2D eigenvalue weighted by atomic mass is 9.76. The highest BCUT2D eigenvalue weighted by Crippen LogP contribution is 2.44. The first kappa shape index (κ1) is 29.1. The van der Waals surface area contributed by atoms with Gasteiger partial charge in [-0.15, -0.1) is 0 Å². The minimum atomic E-state index is -1.63. The lowest BCUT2D eigenvalue weighted by Gasteiger charge is -2.41. The van der Waals surface area contributed by atoms with Crippen LogP contribution >= 0.6 is 0 Å². The van der Waals surface area contributed by atoms with Crippen molar-refractivity contribution in [2.24, 2.45) is 5.41 Å². The number of rotatable bonds is 19. The summed E-state index contributed by atoms with van der Waals surface area (Å²) in [6.07, 6.45) is 8.01. The van der Waals surface area contributed by atoms with Crippen molar-refractivity contribution in [3.63, 3.8) is 0 Å². The molecular formula is C24H55N3OSi. The summed E-state index contributed by atoms with van der Waals surface area (Å²) < 4.78 is 6.20. The Balaban J connectivity index is 5.37. The van der Waals surface area contributed by atoms with Crippen molar-refractivity contribution < 1.29 is 4.43 Å². The van der Waals surface area contributed by atoms with Crippen molar-refractivity contribution in [3.05, 3.63) is 0 Å². The molecule has 0 amide bonds. The van der Waals surface area contributed by atoms with Gasteiger partial charge in [0.1, 0.15) is 0 Å². The second-order valence-corrected chi connectivity index (χ2v) is 14.1. The van der Waals surface area contributed by atoms with Crippen LogP contribution in [0.1, 0.15) is 66.2 Å². The molecule has 0 radical (unpaired) electrons. The maximum Gasteiger partial charge on any atom is 0.189 e. The SMILES string of the molecule is CCN(C)CCCC(CCCN(C)CC)(CCCN(C)CC)C[Si](C)(CC)OC. The molecule has 0 aliphatic rings. The molecular weight excluding hydrogens is 374 g/mol. The zero-order valence-electron chi connectivity index (χ0n) is 21.6. The fourth-order valence-electron chi connectivity index (χ4n) is 4.42. The lowest BCUT2D eigenvalue weighted by molar-refractivity contribution is 0.184. The van der Waals surface area contributed by atoms with E-state index in [1.54, 1.807) is 0 Å². The molecule has 0 rings (SSSR count). The van der Waals surface area contributed by atoms with Crippen LogP contribution in [-0.4, -0.2) is 90.5 Å². The van der Waals surface area contributed by atoms with E-state index in [1.165, 1.54) is 70.2 Å². The van der Waals surface area contributed by atoms with Gasteiger partial charge in [0.05, 0.1) is 0 Å². The Morgan fingerprint density at radius 2 is 1.03 bits per heavy atom. The van der Waals surface area contributed by atoms with Crippen molar-refractivity contribution in [2.45, 2.75) is 84.9 Å². The van der Waals surface area contributed by atoms with Gasteiger partial charge in [-0.3, -0.25) is 0 Å². The van der Waals surface area contributed by atoms with Gasteiger partial charge in [0.2, 0.25) is 0 Å². The molecule has 0 aromatic heterocycles. The predicted octanol–water partition coefficient (Wildman–Crippen LogP) is 5.41. The first-order valence-corrected chi connectivity index (χ1v) is 15.1. The number of hydrogen-bond donors (Lipinski definition) is 0. The van der Waals surface area contributed by atoms with Crippen molar-refractivity contribution in [3.8, 4) is 0 Å². The summed E-state index contributed by atoms with van der Waals surface area (Å²) >= 11 is 0. The lowest BCUT2D eigenvalue weighted by Crippen LogP contribution is -2.40. The molecule has 0 fully saturated rings. The van der Waals surface area contributed by atoms with Crippen molar-refractivity contribution in [1.82, 2.24) is 14.7 Å². The van der Waals surface area contributed by atoms with Crippen LogP contribution in [0.5, 0.6) is 0 Å². The maximum atomic E-state index is 6.20. The monoisotopic (exact) mass is 429 g/mol. The third kappa shape index (κ3) is 12.5. The number of nitrogens with zero attached hydrogens (tertiary/aromatic N) is 3. The summed E-state index contributed by atoms with van der Waals surface area (Å²) in [6, 6.07) is 2.55. The van der Waals surface area contributed by atoms with Crippen LogP contribution in [0.25, 0.3) is 0 Å². The molecule has 1 unspecified atom stereocenters. The molecule has 0 bridgehead atoms. The summed E-state index contributed by atoms with van der Waals surface area (Å²) in [4.78, 5) is 7.40. The Morgan fingerprint density at radius 3 is 1.28 bits per heavy atom. The molecule has 0 spiro atoms. The molecule has 29 heavy (non-hydrogen) atoms. The zero-order chi connectivity index (χ0) is 22.3. The first-order valence-electron chi connectivity index (χ1n) is 12.3. The normalized spacial score (nSPS) is 14.9. The Labute approximate surface area is 185 Å². The molecule has 0 aromatic carbocycles. The topological polar surface area (TPSA) is 19.0 Å². The third-order valence-corrected chi connectivity index (χ3v) is 11.3. The van der Waals surface area contributed by atoms with E-state index in [9.17, 15) is 0 Å². The van der Waals surface area contributed by atoms with Gasteiger partial charge in [-0.2, -0.15) is 0 Å². The van der Waals surface area contributed by atoms with Gasteiger partial charge in [0.15, 0.2) is 8.32 Å². The Bertz CT molecular complexity index is 350. The van der Waals surface area contributed by atoms with Gasteiger partial charge in [0.25, 0.3) is 0 Å². The largest absolute Gasteiger partial charge is 0.420 e. The minimum absolute atomic E-state index is 0.449. The van der Waals surface area contributed by atoms with Gasteiger partial charge in [-0.25, -0.2) is 0 Å². The predicted molar refractivity (Wildman–Crippen MR) is 134 cm³/mol. The maximum absolute atomic E-state index is 6.20. The van der Waals surface area contributed by atoms with E-state index in [0.717, 1.165) is 19.6 Å². The Hall–Kier alpha value is 0.0569. The molecule has 0 aliphatic heterocycles. The van der Waals surface area contributed by atoms with Crippen LogP contribution < -0.4 is 0 Å². The first-order chi connectivity index (χ1) is 13.7. The quantitative estimate of drug-likeness (QED) is 0.255. The van der Waals surface area contributed by atoms with Crippen LogP contribution in [0.4, 0.5) is 0 Å². The zero-order valence-corrected chi connectivity index (χ0v) is 22.6. The van der Waals surface area contributed by atoms with E-state index in [1.807, 2.05) is 7.11 Å². The molecule has 0 saturated heterocycles. The van der Waals surface area contributed by atoms with Crippen molar-refractivity contribution >= 4 is 8.32 Å². The van der Waals surface area contributed by atoms with E-state index in [4.69, 9.17) is 4.43 Å². The highest BCUT2D eigenvalue weighted by Gasteiger charge is 2.39. The summed E-state index contributed by atoms with van der Waals surface area (Å²) in [5, 5.41) is 0. The highest BCUT2D eigenvalue weighted by molar-refractivity contribution is 6.72. The Morgan fingerprint density at radius 1 is 0.690 bits per heavy atom. The summed E-state index contributed by atoms with van der Waals surface area (Å²) in [5.74, 6) is 0.